The number of nitriles is 1. The fourth-order valence-corrected chi connectivity index (χ4v) is 2.73. The van der Waals surface area contributed by atoms with Crippen LogP contribution in [-0.4, -0.2) is 25.3 Å². The van der Waals surface area contributed by atoms with Crippen LogP contribution in [0.15, 0.2) is 42.7 Å². The van der Waals surface area contributed by atoms with Gasteiger partial charge in [-0.15, -0.1) is 0 Å². The van der Waals surface area contributed by atoms with E-state index in [1.165, 1.54) is 6.92 Å². The molecule has 0 aliphatic heterocycles. The Morgan fingerprint density at radius 2 is 2.08 bits per heavy atom. The number of nitrogens with zero attached hydrogens (tertiary/aromatic N) is 5. The molecule has 3 aromatic rings. The highest BCUT2D eigenvalue weighted by molar-refractivity contribution is 6.32. The third kappa shape index (κ3) is 3.62. The standard InChI is InChI=1S/C18H16ClN5O/c1-12(11-23-7-5-17(21-23)13(2)25)24-8-6-18(22-24)14-3-4-15(10-20)16(19)9-14/h3-9,12H,11H2,1-2H3/t12-/m0/s1. The van der Waals surface area contributed by atoms with Gasteiger partial charge in [0.2, 0.25) is 0 Å². The lowest BCUT2D eigenvalue weighted by atomic mass is 10.1. The highest BCUT2D eigenvalue weighted by Gasteiger charge is 2.12. The van der Waals surface area contributed by atoms with Crippen LogP contribution < -0.4 is 0 Å². The quantitative estimate of drug-likeness (QED) is 0.655. The lowest BCUT2D eigenvalue weighted by Gasteiger charge is -2.12. The monoisotopic (exact) mass is 353 g/mol. The van der Waals surface area contributed by atoms with E-state index in [0.29, 0.717) is 22.8 Å². The summed E-state index contributed by atoms with van der Waals surface area (Å²) >= 11 is 6.09. The molecule has 0 spiro atoms. The second-order valence-electron chi connectivity index (χ2n) is 5.82. The number of hydrogen-bond acceptors (Lipinski definition) is 4. The molecule has 6 nitrogen and oxygen atoms in total. The van der Waals surface area contributed by atoms with Gasteiger partial charge < -0.3 is 0 Å². The van der Waals surface area contributed by atoms with Crippen molar-refractivity contribution in [2.45, 2.75) is 26.4 Å². The van der Waals surface area contributed by atoms with Crippen molar-refractivity contribution in [3.63, 3.8) is 0 Å². The van der Waals surface area contributed by atoms with E-state index in [0.717, 1.165) is 11.3 Å². The molecule has 7 heteroatoms. The summed E-state index contributed by atoms with van der Waals surface area (Å²) in [6, 6.07) is 11.0. The van der Waals surface area contributed by atoms with Gasteiger partial charge in [-0.05, 0) is 31.2 Å². The van der Waals surface area contributed by atoms with Crippen molar-refractivity contribution in [2.75, 3.05) is 0 Å². The van der Waals surface area contributed by atoms with Crippen LogP contribution in [0, 0.1) is 11.3 Å². The molecular formula is C18H16ClN5O. The Bertz CT molecular complexity index is 966. The molecule has 0 aliphatic rings. The summed E-state index contributed by atoms with van der Waals surface area (Å²) < 4.78 is 3.58. The smallest absolute Gasteiger partial charge is 0.179 e. The predicted octanol–water partition coefficient (Wildman–Crippen LogP) is 3.74. The van der Waals surface area contributed by atoms with Gasteiger partial charge in [0.1, 0.15) is 11.8 Å². The summed E-state index contributed by atoms with van der Waals surface area (Å²) in [6.45, 7) is 4.12. The molecule has 0 bridgehead atoms. The number of ketones is 1. The summed E-state index contributed by atoms with van der Waals surface area (Å²) in [4.78, 5) is 11.3. The molecular weight excluding hydrogens is 338 g/mol. The SMILES string of the molecule is CC(=O)c1ccn(C[C@H](C)n2ccc(-c3ccc(C#N)c(Cl)c3)n2)n1. The summed E-state index contributed by atoms with van der Waals surface area (Å²) in [7, 11) is 0. The van der Waals surface area contributed by atoms with Gasteiger partial charge in [-0.2, -0.15) is 15.5 Å². The van der Waals surface area contributed by atoms with Crippen molar-refractivity contribution in [2.24, 2.45) is 0 Å². The number of halogens is 1. The third-order valence-corrected chi connectivity index (χ3v) is 4.21. The maximum atomic E-state index is 11.3. The zero-order valence-corrected chi connectivity index (χ0v) is 14.6. The van der Waals surface area contributed by atoms with Crippen LogP contribution >= 0.6 is 11.6 Å². The average molecular weight is 354 g/mol. The van der Waals surface area contributed by atoms with E-state index in [2.05, 4.69) is 10.2 Å². The normalized spacial score (nSPS) is 11.9. The fourth-order valence-electron chi connectivity index (χ4n) is 2.51. The minimum Gasteiger partial charge on any atom is -0.293 e. The van der Waals surface area contributed by atoms with Crippen LogP contribution in [0.1, 0.15) is 35.9 Å². The van der Waals surface area contributed by atoms with Crippen molar-refractivity contribution < 1.29 is 4.79 Å². The second kappa shape index (κ2) is 6.91. The third-order valence-electron chi connectivity index (χ3n) is 3.90. The number of aromatic nitrogens is 4. The Balaban J connectivity index is 1.77. The highest BCUT2D eigenvalue weighted by Crippen LogP contribution is 2.24. The van der Waals surface area contributed by atoms with Gasteiger partial charge in [0.05, 0.1) is 28.9 Å². The van der Waals surface area contributed by atoms with Crippen molar-refractivity contribution >= 4 is 17.4 Å². The van der Waals surface area contributed by atoms with Crippen LogP contribution in [-0.2, 0) is 6.54 Å². The van der Waals surface area contributed by atoms with Gasteiger partial charge in [-0.1, -0.05) is 17.7 Å². The van der Waals surface area contributed by atoms with E-state index in [-0.39, 0.29) is 11.8 Å². The highest BCUT2D eigenvalue weighted by atomic mass is 35.5. The van der Waals surface area contributed by atoms with E-state index in [4.69, 9.17) is 16.9 Å². The first-order chi connectivity index (χ1) is 12.0. The van der Waals surface area contributed by atoms with Gasteiger partial charge in [0, 0.05) is 24.9 Å². The number of hydrogen-bond donors (Lipinski definition) is 0. The maximum Gasteiger partial charge on any atom is 0.179 e. The number of rotatable bonds is 5. The Morgan fingerprint density at radius 1 is 1.28 bits per heavy atom. The fraction of sp³-hybridized carbons (Fsp3) is 0.222. The largest absolute Gasteiger partial charge is 0.293 e. The first kappa shape index (κ1) is 16.9. The van der Waals surface area contributed by atoms with Crippen LogP contribution in [0.5, 0.6) is 0 Å². The number of carbonyl (C=O) groups is 1. The molecule has 3 rings (SSSR count). The minimum atomic E-state index is -0.0505. The van der Waals surface area contributed by atoms with Crippen molar-refractivity contribution in [3.8, 4) is 17.3 Å². The molecule has 0 N–H and O–H groups in total. The summed E-state index contributed by atoms with van der Waals surface area (Å²) in [5.41, 5.74) is 2.54. The van der Waals surface area contributed by atoms with Crippen LogP contribution in [0.3, 0.4) is 0 Å². The van der Waals surface area contributed by atoms with Gasteiger partial charge in [-0.3, -0.25) is 14.2 Å². The van der Waals surface area contributed by atoms with Gasteiger partial charge in [-0.25, -0.2) is 0 Å². The summed E-state index contributed by atoms with van der Waals surface area (Å²) in [5, 5.41) is 18.2. The van der Waals surface area contributed by atoms with Crippen LogP contribution in [0.2, 0.25) is 5.02 Å². The number of benzene rings is 1. The molecule has 0 amide bonds. The number of Topliss-reactive ketones (excluding diaryl/α,β-unsaturated/α-hetero) is 1. The van der Waals surface area contributed by atoms with Gasteiger partial charge in [0.25, 0.3) is 0 Å². The molecule has 2 heterocycles. The molecule has 126 valence electrons. The molecule has 0 saturated carbocycles. The minimum absolute atomic E-state index is 0.0505. The van der Waals surface area contributed by atoms with Crippen LogP contribution in [0.25, 0.3) is 11.3 Å². The first-order valence-electron chi connectivity index (χ1n) is 7.77. The molecule has 0 unspecified atom stereocenters. The first-order valence-corrected chi connectivity index (χ1v) is 8.15. The van der Waals surface area contributed by atoms with E-state index in [1.54, 1.807) is 29.1 Å². The van der Waals surface area contributed by atoms with E-state index in [9.17, 15) is 4.79 Å². The Labute approximate surface area is 150 Å². The van der Waals surface area contributed by atoms with Crippen molar-refractivity contribution in [3.05, 3.63) is 59.0 Å². The second-order valence-corrected chi connectivity index (χ2v) is 6.22. The molecule has 25 heavy (non-hydrogen) atoms. The molecule has 2 aromatic heterocycles. The lowest BCUT2D eigenvalue weighted by molar-refractivity contribution is 0.101. The molecule has 1 atom stereocenters. The van der Waals surface area contributed by atoms with Crippen molar-refractivity contribution in [1.82, 2.24) is 19.6 Å². The number of carbonyl (C=O) groups excluding carboxylic acids is 1. The van der Waals surface area contributed by atoms with E-state index in [1.807, 2.05) is 36.0 Å². The lowest BCUT2D eigenvalue weighted by Crippen LogP contribution is -2.14. The average Bonchev–Trinajstić information content (AvgIpc) is 3.24. The Morgan fingerprint density at radius 3 is 2.72 bits per heavy atom. The van der Waals surface area contributed by atoms with E-state index >= 15 is 0 Å². The summed E-state index contributed by atoms with van der Waals surface area (Å²) in [6.07, 6.45) is 3.68. The molecule has 0 radical (unpaired) electrons. The molecule has 1 aromatic carbocycles. The predicted molar refractivity (Wildman–Crippen MR) is 94.3 cm³/mol. The zero-order valence-electron chi connectivity index (χ0n) is 13.8. The van der Waals surface area contributed by atoms with E-state index < -0.39 is 0 Å². The maximum absolute atomic E-state index is 11.3. The zero-order chi connectivity index (χ0) is 18.0. The molecule has 0 saturated heterocycles. The van der Waals surface area contributed by atoms with Crippen LogP contribution in [0.4, 0.5) is 0 Å². The topological polar surface area (TPSA) is 76.5 Å². The molecule has 0 aliphatic carbocycles. The molecule has 0 fully saturated rings. The van der Waals surface area contributed by atoms with Gasteiger partial charge >= 0.3 is 0 Å². The van der Waals surface area contributed by atoms with Crippen molar-refractivity contribution in [1.29, 1.82) is 5.26 Å². The van der Waals surface area contributed by atoms with Gasteiger partial charge in [0.15, 0.2) is 5.78 Å². The Kier molecular flexibility index (Phi) is 4.68. The Hall–Kier alpha value is -2.91. The summed E-state index contributed by atoms with van der Waals surface area (Å²) in [5.74, 6) is -0.0505.